The second kappa shape index (κ2) is 8.46. The Morgan fingerprint density at radius 1 is 1.16 bits per heavy atom. The Kier molecular flexibility index (Phi) is 6.06. The van der Waals surface area contributed by atoms with E-state index in [-0.39, 0.29) is 0 Å². The van der Waals surface area contributed by atoms with E-state index in [0.717, 1.165) is 63.8 Å². The molecule has 2 fully saturated rings. The lowest BCUT2D eigenvalue weighted by Gasteiger charge is -2.36. The Hall–Kier alpha value is -1.90. The first-order valence-corrected chi connectivity index (χ1v) is 9.34. The largest absolute Gasteiger partial charge is 0.387 e. The molecule has 3 rings (SSSR count). The van der Waals surface area contributed by atoms with Gasteiger partial charge in [0.15, 0.2) is 0 Å². The smallest absolute Gasteiger partial charge is 0.222 e. The lowest BCUT2D eigenvalue weighted by Crippen LogP contribution is -2.43. The number of amides is 1. The van der Waals surface area contributed by atoms with Crippen molar-refractivity contribution in [1.29, 1.82) is 5.26 Å². The summed E-state index contributed by atoms with van der Waals surface area (Å²) in [5, 5.41) is 19.3. The molecule has 25 heavy (non-hydrogen) atoms. The maximum absolute atomic E-state index is 11.9. The average molecular weight is 341 g/mol. The van der Waals surface area contributed by atoms with Crippen LogP contribution >= 0.6 is 0 Å². The van der Waals surface area contributed by atoms with E-state index in [0.29, 0.717) is 23.9 Å². The minimum absolute atomic E-state index is 0.324. The second-order valence-corrected chi connectivity index (χ2v) is 7.29. The van der Waals surface area contributed by atoms with Crippen molar-refractivity contribution in [3.8, 4) is 6.07 Å². The van der Waals surface area contributed by atoms with E-state index in [1.807, 2.05) is 12.1 Å². The minimum atomic E-state index is -0.520. The van der Waals surface area contributed by atoms with Crippen molar-refractivity contribution in [2.45, 2.75) is 38.2 Å². The molecule has 0 aromatic heterocycles. The summed E-state index contributed by atoms with van der Waals surface area (Å²) in [6, 6.07) is 9.26. The molecule has 5 nitrogen and oxygen atoms in total. The number of carbonyl (C=O) groups excluding carboxylic acids is 1. The number of carbonyl (C=O) groups is 1. The topological polar surface area (TPSA) is 67.6 Å². The molecule has 1 unspecified atom stereocenters. The SMILES string of the molecule is N#Cc1ccc(C(O)CN2CCC(CN3CCCCC3=O)CC2)cc1. The minimum Gasteiger partial charge on any atom is -0.387 e. The fourth-order valence-corrected chi connectivity index (χ4v) is 3.85. The fourth-order valence-electron chi connectivity index (χ4n) is 3.85. The van der Waals surface area contributed by atoms with E-state index in [1.54, 1.807) is 12.1 Å². The van der Waals surface area contributed by atoms with Crippen LogP contribution in [0.1, 0.15) is 49.3 Å². The summed E-state index contributed by atoms with van der Waals surface area (Å²) in [6.07, 6.45) is 4.55. The van der Waals surface area contributed by atoms with Gasteiger partial charge in [-0.05, 0) is 62.4 Å². The number of aliphatic hydroxyl groups is 1. The van der Waals surface area contributed by atoms with Crippen molar-refractivity contribution >= 4 is 5.91 Å². The van der Waals surface area contributed by atoms with Gasteiger partial charge in [-0.25, -0.2) is 0 Å². The van der Waals surface area contributed by atoms with Gasteiger partial charge in [0.1, 0.15) is 0 Å². The maximum Gasteiger partial charge on any atom is 0.222 e. The summed E-state index contributed by atoms with van der Waals surface area (Å²) in [7, 11) is 0. The van der Waals surface area contributed by atoms with Crippen molar-refractivity contribution in [2.75, 3.05) is 32.7 Å². The maximum atomic E-state index is 11.9. The Morgan fingerprint density at radius 2 is 1.88 bits per heavy atom. The number of aliphatic hydroxyl groups excluding tert-OH is 1. The zero-order valence-electron chi connectivity index (χ0n) is 14.7. The van der Waals surface area contributed by atoms with Gasteiger partial charge in [-0.1, -0.05) is 12.1 Å². The van der Waals surface area contributed by atoms with Crippen LogP contribution in [0, 0.1) is 17.2 Å². The Labute approximate surface area is 149 Å². The molecule has 1 amide bonds. The monoisotopic (exact) mass is 341 g/mol. The highest BCUT2D eigenvalue weighted by Gasteiger charge is 2.26. The van der Waals surface area contributed by atoms with Crippen molar-refractivity contribution in [3.05, 3.63) is 35.4 Å². The van der Waals surface area contributed by atoms with E-state index in [4.69, 9.17) is 5.26 Å². The predicted molar refractivity (Wildman–Crippen MR) is 95.7 cm³/mol. The number of β-amino-alcohol motifs (C(OH)–C–C–N with tert-alkyl or cyclic N) is 1. The second-order valence-electron chi connectivity index (χ2n) is 7.29. The van der Waals surface area contributed by atoms with Gasteiger partial charge < -0.3 is 14.9 Å². The van der Waals surface area contributed by atoms with Crippen molar-refractivity contribution in [3.63, 3.8) is 0 Å². The number of hydrogen-bond acceptors (Lipinski definition) is 4. The van der Waals surface area contributed by atoms with Gasteiger partial charge >= 0.3 is 0 Å². The van der Waals surface area contributed by atoms with Gasteiger partial charge in [-0.3, -0.25) is 4.79 Å². The summed E-state index contributed by atoms with van der Waals surface area (Å²) in [6.45, 7) is 4.41. The Balaban J connectivity index is 1.44. The van der Waals surface area contributed by atoms with E-state index >= 15 is 0 Å². The average Bonchev–Trinajstić information content (AvgIpc) is 2.65. The van der Waals surface area contributed by atoms with Crippen LogP contribution in [0.25, 0.3) is 0 Å². The van der Waals surface area contributed by atoms with Gasteiger partial charge in [-0.15, -0.1) is 0 Å². The molecule has 0 bridgehead atoms. The summed E-state index contributed by atoms with van der Waals surface area (Å²) >= 11 is 0. The predicted octanol–water partition coefficient (Wildman–Crippen LogP) is 2.32. The molecule has 1 aromatic rings. The van der Waals surface area contributed by atoms with Gasteiger partial charge in [-0.2, -0.15) is 5.26 Å². The van der Waals surface area contributed by atoms with Crippen LogP contribution in [-0.2, 0) is 4.79 Å². The zero-order valence-corrected chi connectivity index (χ0v) is 14.7. The lowest BCUT2D eigenvalue weighted by molar-refractivity contribution is -0.134. The van der Waals surface area contributed by atoms with Crippen LogP contribution in [0.15, 0.2) is 24.3 Å². The first kappa shape index (κ1) is 17.9. The highest BCUT2D eigenvalue weighted by atomic mass is 16.3. The third-order valence-corrected chi connectivity index (χ3v) is 5.46. The molecule has 0 aliphatic carbocycles. The number of hydrogen-bond donors (Lipinski definition) is 1. The first-order valence-electron chi connectivity index (χ1n) is 9.34. The number of rotatable bonds is 5. The molecule has 0 saturated carbocycles. The van der Waals surface area contributed by atoms with Crippen LogP contribution in [-0.4, -0.2) is 53.5 Å². The molecule has 1 N–H and O–H groups in total. The Morgan fingerprint density at radius 3 is 2.52 bits per heavy atom. The fraction of sp³-hybridized carbons (Fsp3) is 0.600. The molecule has 2 aliphatic rings. The van der Waals surface area contributed by atoms with E-state index in [1.165, 1.54) is 0 Å². The Bertz CT molecular complexity index is 615. The summed E-state index contributed by atoms with van der Waals surface area (Å²) in [4.78, 5) is 16.3. The zero-order chi connectivity index (χ0) is 17.6. The molecule has 5 heteroatoms. The number of piperidine rings is 2. The first-order chi connectivity index (χ1) is 12.2. The normalized spacial score (nSPS) is 21.1. The summed E-state index contributed by atoms with van der Waals surface area (Å²) in [5.41, 5.74) is 1.48. The summed E-state index contributed by atoms with van der Waals surface area (Å²) in [5.74, 6) is 0.912. The lowest BCUT2D eigenvalue weighted by atomic mass is 9.94. The molecule has 0 spiro atoms. The highest BCUT2D eigenvalue weighted by molar-refractivity contribution is 5.76. The number of likely N-dealkylation sites (tertiary alicyclic amines) is 2. The van der Waals surface area contributed by atoms with Crippen molar-refractivity contribution in [2.24, 2.45) is 5.92 Å². The molecule has 0 radical (unpaired) electrons. The van der Waals surface area contributed by atoms with Gasteiger partial charge in [0.05, 0.1) is 17.7 Å². The van der Waals surface area contributed by atoms with Crippen LogP contribution in [0.2, 0.25) is 0 Å². The van der Waals surface area contributed by atoms with Crippen LogP contribution in [0.5, 0.6) is 0 Å². The van der Waals surface area contributed by atoms with E-state index in [9.17, 15) is 9.90 Å². The third-order valence-electron chi connectivity index (χ3n) is 5.46. The van der Waals surface area contributed by atoms with Crippen molar-refractivity contribution < 1.29 is 9.90 Å². The third kappa shape index (κ3) is 4.81. The van der Waals surface area contributed by atoms with E-state index < -0.39 is 6.10 Å². The molecular formula is C20H27N3O2. The van der Waals surface area contributed by atoms with Crippen molar-refractivity contribution in [1.82, 2.24) is 9.80 Å². The van der Waals surface area contributed by atoms with Gasteiger partial charge in [0, 0.05) is 26.1 Å². The standard InChI is InChI=1S/C20H27N3O2/c21-13-16-4-6-18(7-5-16)19(24)15-22-11-8-17(9-12-22)14-23-10-2-1-3-20(23)25/h4-7,17,19,24H,1-3,8-12,14-15H2. The molecular weight excluding hydrogens is 314 g/mol. The number of nitrogens with zero attached hydrogens (tertiary/aromatic N) is 3. The number of benzene rings is 1. The quantitative estimate of drug-likeness (QED) is 0.892. The highest BCUT2D eigenvalue weighted by Crippen LogP contribution is 2.23. The molecule has 2 saturated heterocycles. The van der Waals surface area contributed by atoms with E-state index in [2.05, 4.69) is 15.9 Å². The van der Waals surface area contributed by atoms with Gasteiger partial charge in [0.25, 0.3) is 0 Å². The molecule has 1 aromatic carbocycles. The van der Waals surface area contributed by atoms with Crippen LogP contribution in [0.4, 0.5) is 0 Å². The molecule has 2 heterocycles. The van der Waals surface area contributed by atoms with Crippen LogP contribution < -0.4 is 0 Å². The van der Waals surface area contributed by atoms with Gasteiger partial charge in [0.2, 0.25) is 5.91 Å². The molecule has 2 aliphatic heterocycles. The molecule has 134 valence electrons. The van der Waals surface area contributed by atoms with Crippen LogP contribution in [0.3, 0.4) is 0 Å². The number of nitriles is 1. The molecule has 1 atom stereocenters. The summed E-state index contributed by atoms with van der Waals surface area (Å²) < 4.78 is 0.